The van der Waals surface area contributed by atoms with E-state index in [2.05, 4.69) is 41.5 Å². The van der Waals surface area contributed by atoms with Crippen LogP contribution in [0.15, 0.2) is 60.7 Å². The van der Waals surface area contributed by atoms with Crippen molar-refractivity contribution in [1.29, 1.82) is 0 Å². The minimum Gasteiger partial charge on any atom is -0.296 e. The van der Waals surface area contributed by atoms with Crippen LogP contribution in [0.3, 0.4) is 0 Å². The van der Waals surface area contributed by atoms with Gasteiger partial charge in [0.2, 0.25) is 0 Å². The van der Waals surface area contributed by atoms with Crippen molar-refractivity contribution < 1.29 is 4.79 Å². The zero-order chi connectivity index (χ0) is 16.8. The average molecular weight is 319 g/mol. The summed E-state index contributed by atoms with van der Waals surface area (Å²) in [6.45, 7) is 2.91. The smallest absolute Gasteiger partial charge is 0.172 e. The van der Waals surface area contributed by atoms with Gasteiger partial charge in [0.25, 0.3) is 0 Å². The van der Waals surface area contributed by atoms with Crippen molar-refractivity contribution in [1.82, 2.24) is 15.0 Å². The highest BCUT2D eigenvalue weighted by Gasteiger charge is 2.25. The van der Waals surface area contributed by atoms with Gasteiger partial charge in [-0.2, -0.15) is 0 Å². The summed E-state index contributed by atoms with van der Waals surface area (Å²) in [6.07, 6.45) is 2.88. The van der Waals surface area contributed by atoms with Gasteiger partial charge in [-0.05, 0) is 17.5 Å². The molecular weight excluding hydrogens is 298 g/mol. The van der Waals surface area contributed by atoms with Crippen LogP contribution in [0.2, 0.25) is 0 Å². The SMILES string of the molecule is CCCCn1nnc(C=O)c1C(c1ccccc1)c1ccccc1. The Morgan fingerprint density at radius 1 is 1.00 bits per heavy atom. The van der Waals surface area contributed by atoms with Gasteiger partial charge in [0.1, 0.15) is 5.69 Å². The number of hydrogen-bond donors (Lipinski definition) is 0. The van der Waals surface area contributed by atoms with Gasteiger partial charge in [-0.1, -0.05) is 79.2 Å². The fraction of sp³-hybridized carbons (Fsp3) is 0.250. The van der Waals surface area contributed by atoms with Crippen molar-refractivity contribution in [3.8, 4) is 0 Å². The van der Waals surface area contributed by atoms with Gasteiger partial charge in [0.15, 0.2) is 6.29 Å². The second kappa shape index (κ2) is 7.68. The fourth-order valence-corrected chi connectivity index (χ4v) is 2.99. The molecule has 0 amide bonds. The van der Waals surface area contributed by atoms with Crippen LogP contribution < -0.4 is 0 Å². The summed E-state index contributed by atoms with van der Waals surface area (Å²) in [4.78, 5) is 11.6. The van der Waals surface area contributed by atoms with Crippen molar-refractivity contribution >= 4 is 6.29 Å². The van der Waals surface area contributed by atoms with Crippen molar-refractivity contribution in [2.24, 2.45) is 0 Å². The van der Waals surface area contributed by atoms with Gasteiger partial charge in [-0.3, -0.25) is 4.79 Å². The lowest BCUT2D eigenvalue weighted by molar-refractivity contribution is 0.111. The van der Waals surface area contributed by atoms with E-state index in [1.54, 1.807) is 0 Å². The first-order valence-electron chi connectivity index (χ1n) is 8.33. The Morgan fingerprint density at radius 2 is 1.58 bits per heavy atom. The molecule has 0 unspecified atom stereocenters. The molecule has 0 fully saturated rings. The van der Waals surface area contributed by atoms with E-state index >= 15 is 0 Å². The van der Waals surface area contributed by atoms with E-state index < -0.39 is 0 Å². The molecule has 122 valence electrons. The molecule has 1 aromatic heterocycles. The molecule has 0 atom stereocenters. The largest absolute Gasteiger partial charge is 0.296 e. The van der Waals surface area contributed by atoms with Crippen LogP contribution in [-0.4, -0.2) is 21.3 Å². The molecule has 0 saturated carbocycles. The maximum atomic E-state index is 11.6. The number of aromatic nitrogens is 3. The fourth-order valence-electron chi connectivity index (χ4n) is 2.99. The number of unbranched alkanes of at least 4 members (excludes halogenated alkanes) is 1. The molecule has 3 aromatic rings. The molecule has 4 nitrogen and oxygen atoms in total. The predicted octanol–water partition coefficient (Wildman–Crippen LogP) is 4.07. The highest BCUT2D eigenvalue weighted by molar-refractivity contribution is 5.74. The van der Waals surface area contributed by atoms with E-state index in [0.717, 1.165) is 42.5 Å². The lowest BCUT2D eigenvalue weighted by atomic mass is 9.87. The lowest BCUT2D eigenvalue weighted by Gasteiger charge is -2.20. The van der Waals surface area contributed by atoms with Crippen LogP contribution in [0.1, 0.15) is 53.0 Å². The molecular formula is C20H21N3O. The molecule has 0 N–H and O–H groups in total. The molecule has 0 aliphatic carbocycles. The molecule has 0 saturated heterocycles. The van der Waals surface area contributed by atoms with Crippen LogP contribution in [-0.2, 0) is 6.54 Å². The van der Waals surface area contributed by atoms with Crippen LogP contribution >= 0.6 is 0 Å². The minimum absolute atomic E-state index is 0.0561. The number of hydrogen-bond acceptors (Lipinski definition) is 3. The van der Waals surface area contributed by atoms with Crippen molar-refractivity contribution in [3.63, 3.8) is 0 Å². The monoisotopic (exact) mass is 319 g/mol. The first kappa shape index (κ1) is 16.1. The van der Waals surface area contributed by atoms with Crippen LogP contribution in [0.5, 0.6) is 0 Å². The summed E-state index contributed by atoms with van der Waals surface area (Å²) in [6, 6.07) is 20.4. The third kappa shape index (κ3) is 3.27. The molecule has 0 aliphatic rings. The summed E-state index contributed by atoms with van der Waals surface area (Å²) < 4.78 is 1.89. The van der Waals surface area contributed by atoms with E-state index in [-0.39, 0.29) is 5.92 Å². The summed E-state index contributed by atoms with van der Waals surface area (Å²) in [7, 11) is 0. The maximum absolute atomic E-state index is 11.6. The first-order valence-corrected chi connectivity index (χ1v) is 8.33. The molecule has 1 heterocycles. The molecule has 0 bridgehead atoms. The van der Waals surface area contributed by atoms with Crippen molar-refractivity contribution in [3.05, 3.63) is 83.2 Å². The Morgan fingerprint density at radius 3 is 2.08 bits per heavy atom. The maximum Gasteiger partial charge on any atom is 0.172 e. The lowest BCUT2D eigenvalue weighted by Crippen LogP contribution is -2.13. The van der Waals surface area contributed by atoms with Crippen LogP contribution in [0.25, 0.3) is 0 Å². The van der Waals surface area contributed by atoms with Crippen molar-refractivity contribution in [2.75, 3.05) is 0 Å². The highest BCUT2D eigenvalue weighted by Crippen LogP contribution is 2.32. The molecule has 24 heavy (non-hydrogen) atoms. The van der Waals surface area contributed by atoms with Crippen molar-refractivity contribution in [2.45, 2.75) is 32.2 Å². The molecule has 4 heteroatoms. The number of rotatable bonds is 7. The Hall–Kier alpha value is -2.75. The second-order valence-electron chi connectivity index (χ2n) is 5.81. The summed E-state index contributed by atoms with van der Waals surface area (Å²) in [5.74, 6) is -0.0561. The van der Waals surface area contributed by atoms with E-state index in [1.165, 1.54) is 0 Å². The Bertz CT molecular complexity index is 742. The van der Waals surface area contributed by atoms with Gasteiger partial charge in [-0.25, -0.2) is 4.68 Å². The Kier molecular flexibility index (Phi) is 5.16. The van der Waals surface area contributed by atoms with E-state index in [0.29, 0.717) is 5.69 Å². The second-order valence-corrected chi connectivity index (χ2v) is 5.81. The number of benzene rings is 2. The molecule has 0 spiro atoms. The molecule has 3 rings (SSSR count). The molecule has 0 radical (unpaired) electrons. The van der Waals surface area contributed by atoms with E-state index in [1.807, 2.05) is 41.1 Å². The summed E-state index contributed by atoms with van der Waals surface area (Å²) in [5, 5.41) is 8.34. The number of nitrogens with zero attached hydrogens (tertiary/aromatic N) is 3. The zero-order valence-corrected chi connectivity index (χ0v) is 13.8. The predicted molar refractivity (Wildman–Crippen MR) is 94.1 cm³/mol. The Labute approximate surface area is 142 Å². The third-order valence-corrected chi connectivity index (χ3v) is 4.18. The third-order valence-electron chi connectivity index (χ3n) is 4.18. The first-order chi connectivity index (χ1) is 11.8. The number of aldehydes is 1. The average Bonchev–Trinajstić information content (AvgIpc) is 3.05. The highest BCUT2D eigenvalue weighted by atomic mass is 16.1. The molecule has 2 aromatic carbocycles. The van der Waals surface area contributed by atoms with Gasteiger partial charge < -0.3 is 0 Å². The number of aryl methyl sites for hydroxylation is 1. The van der Waals surface area contributed by atoms with Crippen LogP contribution in [0, 0.1) is 0 Å². The molecule has 0 aliphatic heterocycles. The van der Waals surface area contributed by atoms with Gasteiger partial charge in [0.05, 0.1) is 11.6 Å². The van der Waals surface area contributed by atoms with E-state index in [4.69, 9.17) is 0 Å². The normalized spacial score (nSPS) is 10.9. The number of carbonyl (C=O) groups is 1. The van der Waals surface area contributed by atoms with E-state index in [9.17, 15) is 4.79 Å². The summed E-state index contributed by atoms with van der Waals surface area (Å²) in [5.41, 5.74) is 3.55. The summed E-state index contributed by atoms with van der Waals surface area (Å²) >= 11 is 0. The quantitative estimate of drug-likeness (QED) is 0.617. The van der Waals surface area contributed by atoms with Gasteiger partial charge in [0, 0.05) is 6.54 Å². The number of carbonyl (C=O) groups excluding carboxylic acids is 1. The van der Waals surface area contributed by atoms with Gasteiger partial charge in [-0.15, -0.1) is 5.10 Å². The topological polar surface area (TPSA) is 47.8 Å². The Balaban J connectivity index is 2.16. The van der Waals surface area contributed by atoms with Gasteiger partial charge >= 0.3 is 0 Å². The minimum atomic E-state index is -0.0561. The standard InChI is InChI=1S/C20H21N3O/c1-2-3-14-23-20(18(15-24)21-22-23)19(16-10-6-4-7-11-16)17-12-8-5-9-13-17/h4-13,15,19H,2-3,14H2,1H3. The van der Waals surface area contributed by atoms with Crippen LogP contribution in [0.4, 0.5) is 0 Å². The zero-order valence-electron chi connectivity index (χ0n) is 13.8.